The van der Waals surface area contributed by atoms with Gasteiger partial charge in [-0.15, -0.1) is 0 Å². The molecule has 0 heterocycles. The van der Waals surface area contributed by atoms with E-state index in [0.717, 1.165) is 6.54 Å². The Labute approximate surface area is 106 Å². The molecule has 3 N–H and O–H groups in total. The monoisotopic (exact) mass is 246 g/mol. The van der Waals surface area contributed by atoms with Gasteiger partial charge in [0.15, 0.2) is 0 Å². The molecule has 0 aliphatic carbocycles. The molecule has 104 valence electrons. The zero-order valence-corrected chi connectivity index (χ0v) is 12.2. The molecule has 0 radical (unpaired) electrons. The van der Waals surface area contributed by atoms with Crippen LogP contribution in [-0.4, -0.2) is 55.0 Å². The first kappa shape index (κ1) is 16.8. The highest BCUT2D eigenvalue weighted by Gasteiger charge is 2.30. The molecular weight excluding hydrogens is 216 g/mol. The summed E-state index contributed by atoms with van der Waals surface area (Å²) in [5.41, 5.74) is 6.18. The Balaban J connectivity index is 4.26. The van der Waals surface area contributed by atoms with E-state index in [1.807, 2.05) is 20.9 Å². The van der Waals surface area contributed by atoms with E-state index < -0.39 is 0 Å². The second kappa shape index (κ2) is 7.31. The lowest BCUT2D eigenvalue weighted by atomic mass is 9.82. The maximum absolute atomic E-state index is 9.48. The van der Waals surface area contributed by atoms with Crippen LogP contribution in [0.25, 0.3) is 0 Å². The van der Waals surface area contributed by atoms with Crippen molar-refractivity contribution in [2.45, 2.75) is 52.8 Å². The molecule has 0 aliphatic heterocycles. The van der Waals surface area contributed by atoms with Gasteiger partial charge in [-0.1, -0.05) is 20.8 Å². The lowest BCUT2D eigenvalue weighted by Crippen LogP contribution is -2.55. The standard InChI is InChI=1S/C13H30N2O2/c1-10(2)17-8-7-15(6)11(9-16)12(14)13(3,4)5/h10-12,16H,7-9,14H2,1-6H3. The lowest BCUT2D eigenvalue weighted by Gasteiger charge is -2.38. The number of nitrogens with two attached hydrogens (primary N) is 1. The predicted octanol–water partition coefficient (Wildman–Crippen LogP) is 1.08. The van der Waals surface area contributed by atoms with Gasteiger partial charge in [-0.2, -0.15) is 0 Å². The van der Waals surface area contributed by atoms with Gasteiger partial charge in [0.1, 0.15) is 0 Å². The molecule has 0 aliphatic rings. The van der Waals surface area contributed by atoms with E-state index in [9.17, 15) is 5.11 Å². The second-order valence-electron chi connectivity index (χ2n) is 6.04. The van der Waals surface area contributed by atoms with Crippen molar-refractivity contribution in [1.29, 1.82) is 0 Å². The highest BCUT2D eigenvalue weighted by atomic mass is 16.5. The zero-order chi connectivity index (χ0) is 13.6. The van der Waals surface area contributed by atoms with Gasteiger partial charge >= 0.3 is 0 Å². The van der Waals surface area contributed by atoms with Crippen molar-refractivity contribution in [3.63, 3.8) is 0 Å². The van der Waals surface area contributed by atoms with E-state index in [4.69, 9.17) is 10.5 Å². The highest BCUT2D eigenvalue weighted by Crippen LogP contribution is 2.22. The molecule has 0 fully saturated rings. The minimum Gasteiger partial charge on any atom is -0.395 e. The number of nitrogens with zero attached hydrogens (tertiary/aromatic N) is 1. The maximum atomic E-state index is 9.48. The molecule has 0 rings (SSSR count). The van der Waals surface area contributed by atoms with Crippen molar-refractivity contribution < 1.29 is 9.84 Å². The van der Waals surface area contributed by atoms with E-state index in [1.54, 1.807) is 0 Å². The Bertz CT molecular complexity index is 202. The first-order valence-electron chi connectivity index (χ1n) is 6.38. The second-order valence-corrected chi connectivity index (χ2v) is 6.04. The number of ether oxygens (including phenoxy) is 1. The van der Waals surface area contributed by atoms with Crippen molar-refractivity contribution in [1.82, 2.24) is 4.90 Å². The quantitative estimate of drug-likeness (QED) is 0.706. The SMILES string of the molecule is CC(C)OCCN(C)C(CO)C(N)C(C)(C)C. The number of aliphatic hydroxyl groups is 1. The van der Waals surface area contributed by atoms with Gasteiger partial charge < -0.3 is 15.6 Å². The van der Waals surface area contributed by atoms with Gasteiger partial charge in [0.05, 0.1) is 19.3 Å². The number of aliphatic hydroxyl groups excluding tert-OH is 1. The lowest BCUT2D eigenvalue weighted by molar-refractivity contribution is 0.0332. The summed E-state index contributed by atoms with van der Waals surface area (Å²) < 4.78 is 5.51. The Morgan fingerprint density at radius 2 is 1.82 bits per heavy atom. The molecule has 17 heavy (non-hydrogen) atoms. The first-order chi connectivity index (χ1) is 7.70. The molecule has 2 unspecified atom stereocenters. The van der Waals surface area contributed by atoms with Crippen LogP contribution in [0.5, 0.6) is 0 Å². The fourth-order valence-corrected chi connectivity index (χ4v) is 1.70. The zero-order valence-electron chi connectivity index (χ0n) is 12.2. The smallest absolute Gasteiger partial charge is 0.0602 e. The summed E-state index contributed by atoms with van der Waals surface area (Å²) in [5, 5.41) is 9.48. The molecule has 0 saturated heterocycles. The minimum absolute atomic E-state index is 0.0133. The van der Waals surface area contributed by atoms with Crippen molar-refractivity contribution in [3.05, 3.63) is 0 Å². The molecule has 0 bridgehead atoms. The Morgan fingerprint density at radius 3 is 2.18 bits per heavy atom. The van der Waals surface area contributed by atoms with Crippen LogP contribution in [0.4, 0.5) is 0 Å². The van der Waals surface area contributed by atoms with Crippen LogP contribution in [0.1, 0.15) is 34.6 Å². The molecule has 0 amide bonds. The van der Waals surface area contributed by atoms with Crippen LogP contribution in [0, 0.1) is 5.41 Å². The molecule has 4 heteroatoms. The summed E-state index contributed by atoms with van der Waals surface area (Å²) in [6.07, 6.45) is 0.243. The highest BCUT2D eigenvalue weighted by molar-refractivity contribution is 4.88. The van der Waals surface area contributed by atoms with Crippen LogP contribution in [0.15, 0.2) is 0 Å². The largest absolute Gasteiger partial charge is 0.395 e. The molecule has 0 aromatic carbocycles. The number of rotatable bonds is 7. The van der Waals surface area contributed by atoms with Crippen molar-refractivity contribution in [3.8, 4) is 0 Å². The average Bonchev–Trinajstić information content (AvgIpc) is 2.16. The molecular formula is C13H30N2O2. The third kappa shape index (κ3) is 6.36. The van der Waals surface area contributed by atoms with E-state index in [2.05, 4.69) is 25.7 Å². The van der Waals surface area contributed by atoms with E-state index in [1.165, 1.54) is 0 Å². The Hall–Kier alpha value is -0.160. The van der Waals surface area contributed by atoms with Crippen LogP contribution in [0.2, 0.25) is 0 Å². The molecule has 0 saturated carbocycles. The Morgan fingerprint density at radius 1 is 1.29 bits per heavy atom. The third-order valence-electron chi connectivity index (χ3n) is 3.06. The normalized spacial score (nSPS) is 16.6. The first-order valence-corrected chi connectivity index (χ1v) is 6.38. The molecule has 0 spiro atoms. The van der Waals surface area contributed by atoms with Crippen molar-refractivity contribution in [2.75, 3.05) is 26.8 Å². The van der Waals surface area contributed by atoms with E-state index in [-0.39, 0.29) is 30.2 Å². The summed E-state index contributed by atoms with van der Waals surface area (Å²) in [6, 6.07) is -0.0812. The van der Waals surface area contributed by atoms with Gasteiger partial charge in [-0.3, -0.25) is 4.90 Å². The van der Waals surface area contributed by atoms with Gasteiger partial charge in [-0.05, 0) is 26.3 Å². The van der Waals surface area contributed by atoms with Crippen LogP contribution >= 0.6 is 0 Å². The van der Waals surface area contributed by atoms with Crippen LogP contribution in [-0.2, 0) is 4.74 Å². The minimum atomic E-state index is -0.0588. The van der Waals surface area contributed by atoms with Crippen molar-refractivity contribution >= 4 is 0 Å². The van der Waals surface area contributed by atoms with Gasteiger partial charge in [0, 0.05) is 18.6 Å². The summed E-state index contributed by atoms with van der Waals surface area (Å²) in [6.45, 7) is 11.9. The van der Waals surface area contributed by atoms with Gasteiger partial charge in [0.25, 0.3) is 0 Å². The number of hydrogen-bond acceptors (Lipinski definition) is 4. The molecule has 2 atom stereocenters. The van der Waals surface area contributed by atoms with E-state index in [0.29, 0.717) is 6.61 Å². The fourth-order valence-electron chi connectivity index (χ4n) is 1.70. The van der Waals surface area contributed by atoms with Gasteiger partial charge in [-0.25, -0.2) is 0 Å². The topological polar surface area (TPSA) is 58.7 Å². The summed E-state index contributed by atoms with van der Waals surface area (Å²) in [5.74, 6) is 0. The molecule has 4 nitrogen and oxygen atoms in total. The van der Waals surface area contributed by atoms with Crippen molar-refractivity contribution in [2.24, 2.45) is 11.1 Å². The third-order valence-corrected chi connectivity index (χ3v) is 3.06. The van der Waals surface area contributed by atoms with E-state index >= 15 is 0 Å². The number of hydrogen-bond donors (Lipinski definition) is 2. The fraction of sp³-hybridized carbons (Fsp3) is 1.00. The van der Waals surface area contributed by atoms with Crippen LogP contribution < -0.4 is 5.73 Å². The Kier molecular flexibility index (Phi) is 7.24. The molecule has 0 aromatic rings. The summed E-state index contributed by atoms with van der Waals surface area (Å²) in [4.78, 5) is 2.08. The summed E-state index contributed by atoms with van der Waals surface area (Å²) in [7, 11) is 1.98. The van der Waals surface area contributed by atoms with Crippen LogP contribution in [0.3, 0.4) is 0 Å². The number of likely N-dealkylation sites (N-methyl/N-ethyl adjacent to an activating group) is 1. The maximum Gasteiger partial charge on any atom is 0.0602 e. The summed E-state index contributed by atoms with van der Waals surface area (Å²) >= 11 is 0. The average molecular weight is 246 g/mol. The molecule has 0 aromatic heterocycles. The predicted molar refractivity (Wildman–Crippen MR) is 72.0 cm³/mol. The van der Waals surface area contributed by atoms with Gasteiger partial charge in [0.2, 0.25) is 0 Å².